The molecule has 0 aliphatic carbocycles. The third kappa shape index (κ3) is 1.84. The van der Waals surface area contributed by atoms with E-state index in [0.29, 0.717) is 18.9 Å². The van der Waals surface area contributed by atoms with E-state index in [4.69, 9.17) is 5.73 Å². The Labute approximate surface area is 93.3 Å². The number of imidazole rings is 1. The molecule has 1 amide bonds. The normalized spacial score (nSPS) is 10.6. The highest BCUT2D eigenvalue weighted by atomic mass is 16.1. The highest BCUT2D eigenvalue weighted by Gasteiger charge is 2.08. The molecule has 0 saturated carbocycles. The van der Waals surface area contributed by atoms with Crippen molar-refractivity contribution in [3.05, 3.63) is 24.3 Å². The number of amides is 1. The molecule has 0 fully saturated rings. The topological polar surface area (TPSA) is 72.9 Å². The molecular formula is C11H14N4O. The Morgan fingerprint density at radius 1 is 1.50 bits per heavy atom. The van der Waals surface area contributed by atoms with E-state index in [2.05, 4.69) is 10.3 Å². The quantitative estimate of drug-likeness (QED) is 0.798. The largest absolute Gasteiger partial charge is 0.369 e. The number of hydrogen-bond donors (Lipinski definition) is 2. The van der Waals surface area contributed by atoms with E-state index >= 15 is 0 Å². The number of anilines is 1. The molecule has 5 heteroatoms. The molecule has 0 bridgehead atoms. The molecule has 0 aliphatic rings. The summed E-state index contributed by atoms with van der Waals surface area (Å²) in [5.74, 6) is 0.447. The third-order valence-corrected chi connectivity index (χ3v) is 2.53. The molecule has 3 N–H and O–H groups in total. The SMILES string of the molecule is CNC(=O)CCn1c(N)nc2ccccc21. The summed E-state index contributed by atoms with van der Waals surface area (Å²) in [5.41, 5.74) is 7.62. The second-order valence-electron chi connectivity index (χ2n) is 3.53. The van der Waals surface area contributed by atoms with Crippen LogP contribution in [0.1, 0.15) is 6.42 Å². The first kappa shape index (κ1) is 10.5. The average molecular weight is 218 g/mol. The summed E-state index contributed by atoms with van der Waals surface area (Å²) in [6, 6.07) is 7.70. The molecule has 0 atom stereocenters. The fourth-order valence-electron chi connectivity index (χ4n) is 1.67. The van der Waals surface area contributed by atoms with Crippen LogP contribution in [0, 0.1) is 0 Å². The lowest BCUT2D eigenvalue weighted by Crippen LogP contribution is -2.19. The van der Waals surface area contributed by atoms with Crippen LogP contribution in [0.2, 0.25) is 0 Å². The number of nitrogens with zero attached hydrogens (tertiary/aromatic N) is 2. The number of aryl methyl sites for hydroxylation is 1. The van der Waals surface area contributed by atoms with Crippen molar-refractivity contribution in [2.24, 2.45) is 0 Å². The number of hydrogen-bond acceptors (Lipinski definition) is 3. The van der Waals surface area contributed by atoms with Gasteiger partial charge in [0, 0.05) is 20.0 Å². The molecule has 1 heterocycles. The van der Waals surface area contributed by atoms with Gasteiger partial charge in [-0.2, -0.15) is 0 Å². The van der Waals surface area contributed by atoms with Crippen LogP contribution in [-0.4, -0.2) is 22.5 Å². The minimum atomic E-state index is -0.00261. The van der Waals surface area contributed by atoms with E-state index in [-0.39, 0.29) is 5.91 Å². The van der Waals surface area contributed by atoms with Gasteiger partial charge in [0.15, 0.2) is 0 Å². The number of carbonyl (C=O) groups is 1. The number of rotatable bonds is 3. The fraction of sp³-hybridized carbons (Fsp3) is 0.273. The molecule has 1 aromatic carbocycles. The zero-order valence-electron chi connectivity index (χ0n) is 9.10. The first-order chi connectivity index (χ1) is 7.72. The van der Waals surface area contributed by atoms with Crippen molar-refractivity contribution in [3.8, 4) is 0 Å². The second kappa shape index (κ2) is 4.22. The van der Waals surface area contributed by atoms with Gasteiger partial charge in [-0.05, 0) is 12.1 Å². The van der Waals surface area contributed by atoms with Crippen molar-refractivity contribution in [1.29, 1.82) is 0 Å². The lowest BCUT2D eigenvalue weighted by Gasteiger charge is -2.05. The van der Waals surface area contributed by atoms with E-state index in [1.165, 1.54) is 0 Å². The molecule has 0 radical (unpaired) electrons. The third-order valence-electron chi connectivity index (χ3n) is 2.53. The maximum absolute atomic E-state index is 11.2. The molecule has 0 saturated heterocycles. The van der Waals surface area contributed by atoms with Crippen LogP contribution in [0.15, 0.2) is 24.3 Å². The Morgan fingerprint density at radius 2 is 2.25 bits per heavy atom. The van der Waals surface area contributed by atoms with Crippen molar-refractivity contribution < 1.29 is 4.79 Å². The van der Waals surface area contributed by atoms with Gasteiger partial charge in [0.1, 0.15) is 0 Å². The number of nitrogens with one attached hydrogen (secondary N) is 1. The minimum Gasteiger partial charge on any atom is -0.369 e. The lowest BCUT2D eigenvalue weighted by atomic mass is 10.3. The molecule has 0 unspecified atom stereocenters. The Balaban J connectivity index is 2.29. The van der Waals surface area contributed by atoms with Crippen LogP contribution in [0.5, 0.6) is 0 Å². The van der Waals surface area contributed by atoms with Gasteiger partial charge in [0.25, 0.3) is 0 Å². The number of aromatic nitrogens is 2. The fourth-order valence-corrected chi connectivity index (χ4v) is 1.67. The maximum atomic E-state index is 11.2. The van der Waals surface area contributed by atoms with E-state index in [1.54, 1.807) is 7.05 Å². The maximum Gasteiger partial charge on any atom is 0.221 e. The Hall–Kier alpha value is -2.04. The van der Waals surface area contributed by atoms with Crippen LogP contribution >= 0.6 is 0 Å². The number of benzene rings is 1. The van der Waals surface area contributed by atoms with Crippen LogP contribution in [0.3, 0.4) is 0 Å². The summed E-state index contributed by atoms with van der Waals surface area (Å²) >= 11 is 0. The minimum absolute atomic E-state index is 0.00261. The molecule has 84 valence electrons. The van der Waals surface area contributed by atoms with E-state index < -0.39 is 0 Å². The predicted molar refractivity (Wildman–Crippen MR) is 62.8 cm³/mol. The van der Waals surface area contributed by atoms with Crippen LogP contribution in [0.25, 0.3) is 11.0 Å². The summed E-state index contributed by atoms with van der Waals surface area (Å²) in [6.07, 6.45) is 0.404. The highest BCUT2D eigenvalue weighted by Crippen LogP contribution is 2.17. The Kier molecular flexibility index (Phi) is 2.76. The van der Waals surface area contributed by atoms with Gasteiger partial charge in [-0.25, -0.2) is 4.98 Å². The van der Waals surface area contributed by atoms with Crippen molar-refractivity contribution in [1.82, 2.24) is 14.9 Å². The van der Waals surface area contributed by atoms with E-state index in [9.17, 15) is 4.79 Å². The number of nitrogen functional groups attached to an aromatic ring is 1. The predicted octanol–water partition coefficient (Wildman–Crippen LogP) is 0.755. The monoisotopic (exact) mass is 218 g/mol. The summed E-state index contributed by atoms with van der Waals surface area (Å²) in [5, 5.41) is 2.58. The highest BCUT2D eigenvalue weighted by molar-refractivity contribution is 5.79. The molecule has 1 aromatic heterocycles. The molecule has 2 rings (SSSR count). The molecule has 5 nitrogen and oxygen atoms in total. The molecule has 16 heavy (non-hydrogen) atoms. The zero-order valence-corrected chi connectivity index (χ0v) is 9.10. The van der Waals surface area contributed by atoms with E-state index in [1.807, 2.05) is 28.8 Å². The second-order valence-corrected chi connectivity index (χ2v) is 3.53. The van der Waals surface area contributed by atoms with Crippen LogP contribution in [-0.2, 0) is 11.3 Å². The average Bonchev–Trinajstić information content (AvgIpc) is 2.62. The number of fused-ring (bicyclic) bond motifs is 1. The van der Waals surface area contributed by atoms with Crippen molar-refractivity contribution in [2.45, 2.75) is 13.0 Å². The lowest BCUT2D eigenvalue weighted by molar-refractivity contribution is -0.120. The molecule has 2 aromatic rings. The number of carbonyl (C=O) groups excluding carboxylic acids is 1. The number of nitrogens with two attached hydrogens (primary N) is 1. The van der Waals surface area contributed by atoms with Crippen LogP contribution in [0.4, 0.5) is 5.95 Å². The number of para-hydroxylation sites is 2. The Morgan fingerprint density at radius 3 is 3.00 bits per heavy atom. The summed E-state index contributed by atoms with van der Waals surface area (Å²) in [4.78, 5) is 15.4. The molecular weight excluding hydrogens is 204 g/mol. The first-order valence-corrected chi connectivity index (χ1v) is 5.13. The van der Waals surface area contributed by atoms with Gasteiger partial charge in [0.2, 0.25) is 11.9 Å². The summed E-state index contributed by atoms with van der Waals surface area (Å²) in [7, 11) is 1.62. The first-order valence-electron chi connectivity index (χ1n) is 5.13. The van der Waals surface area contributed by atoms with Crippen molar-refractivity contribution >= 4 is 22.9 Å². The standard InChI is InChI=1S/C11H14N4O/c1-13-10(16)6-7-15-9-5-3-2-4-8(9)14-11(15)12/h2-5H,6-7H2,1H3,(H2,12,14)(H,13,16). The van der Waals surface area contributed by atoms with Crippen molar-refractivity contribution in [3.63, 3.8) is 0 Å². The van der Waals surface area contributed by atoms with Gasteiger partial charge >= 0.3 is 0 Å². The van der Waals surface area contributed by atoms with Gasteiger partial charge < -0.3 is 15.6 Å². The zero-order chi connectivity index (χ0) is 11.5. The molecule has 0 aliphatic heterocycles. The van der Waals surface area contributed by atoms with Gasteiger partial charge in [-0.15, -0.1) is 0 Å². The smallest absolute Gasteiger partial charge is 0.221 e. The summed E-state index contributed by atoms with van der Waals surface area (Å²) in [6.45, 7) is 0.548. The molecule has 0 spiro atoms. The van der Waals surface area contributed by atoms with Crippen LogP contribution < -0.4 is 11.1 Å². The van der Waals surface area contributed by atoms with Gasteiger partial charge in [0.05, 0.1) is 11.0 Å². The van der Waals surface area contributed by atoms with E-state index in [0.717, 1.165) is 11.0 Å². The Bertz CT molecular complexity index is 518. The van der Waals surface area contributed by atoms with Gasteiger partial charge in [-0.1, -0.05) is 12.1 Å². The van der Waals surface area contributed by atoms with Crippen molar-refractivity contribution in [2.75, 3.05) is 12.8 Å². The van der Waals surface area contributed by atoms with Gasteiger partial charge in [-0.3, -0.25) is 4.79 Å². The summed E-state index contributed by atoms with van der Waals surface area (Å²) < 4.78 is 1.85.